The summed E-state index contributed by atoms with van der Waals surface area (Å²) in [4.78, 5) is 24.8. The summed E-state index contributed by atoms with van der Waals surface area (Å²) in [6, 6.07) is 10.7. The highest BCUT2D eigenvalue weighted by Crippen LogP contribution is 2.29. The number of fused-ring (bicyclic) bond motifs is 2. The second-order valence-electron chi connectivity index (χ2n) is 4.55. The molecule has 0 bridgehead atoms. The van der Waals surface area contributed by atoms with Crippen molar-refractivity contribution < 1.29 is 9.53 Å². The summed E-state index contributed by atoms with van der Waals surface area (Å²) in [7, 11) is 0. The summed E-state index contributed by atoms with van der Waals surface area (Å²) < 4.78 is 6.65. The van der Waals surface area contributed by atoms with Crippen LogP contribution in [0.15, 0.2) is 41.2 Å². The maximum absolute atomic E-state index is 12.7. The summed E-state index contributed by atoms with van der Waals surface area (Å²) in [5.74, 6) is -0.555. The van der Waals surface area contributed by atoms with Crippen molar-refractivity contribution in [2.45, 2.75) is 6.92 Å². The summed E-state index contributed by atoms with van der Waals surface area (Å²) in [6.07, 6.45) is 0. The number of esters is 1. The van der Waals surface area contributed by atoms with Crippen LogP contribution in [-0.4, -0.2) is 12.6 Å². The first kappa shape index (κ1) is 13.6. The highest BCUT2D eigenvalue weighted by Gasteiger charge is 2.19. The molecule has 3 rings (SSSR count). The molecular formula is C16H13NO3S. The van der Waals surface area contributed by atoms with Crippen molar-refractivity contribution in [3.8, 4) is 0 Å². The molecule has 1 heterocycles. The lowest BCUT2D eigenvalue weighted by Crippen LogP contribution is -2.13. The zero-order valence-corrected chi connectivity index (χ0v) is 12.2. The van der Waals surface area contributed by atoms with Gasteiger partial charge in [0.15, 0.2) is 5.43 Å². The van der Waals surface area contributed by atoms with E-state index >= 15 is 0 Å². The van der Waals surface area contributed by atoms with E-state index in [1.54, 1.807) is 31.2 Å². The van der Waals surface area contributed by atoms with E-state index in [1.807, 2.05) is 12.1 Å². The first-order valence-electron chi connectivity index (χ1n) is 6.54. The van der Waals surface area contributed by atoms with Crippen molar-refractivity contribution in [1.29, 1.82) is 0 Å². The highest BCUT2D eigenvalue weighted by atomic mass is 32.1. The van der Waals surface area contributed by atoms with Crippen molar-refractivity contribution >= 4 is 43.2 Å². The minimum atomic E-state index is -0.555. The molecule has 0 amide bonds. The van der Waals surface area contributed by atoms with Crippen molar-refractivity contribution in [2.24, 2.45) is 0 Å². The van der Waals surface area contributed by atoms with Crippen LogP contribution in [-0.2, 0) is 4.74 Å². The Kier molecular flexibility index (Phi) is 3.35. The van der Waals surface area contributed by atoms with Gasteiger partial charge in [0.05, 0.1) is 17.6 Å². The summed E-state index contributed by atoms with van der Waals surface area (Å²) >= 11 is 1.46. The van der Waals surface area contributed by atoms with E-state index in [2.05, 4.69) is 0 Å². The molecule has 5 heteroatoms. The van der Waals surface area contributed by atoms with Crippen molar-refractivity contribution in [2.75, 3.05) is 12.3 Å². The molecule has 0 aliphatic carbocycles. The Hall–Kier alpha value is -2.40. The fourth-order valence-corrected chi connectivity index (χ4v) is 3.42. The van der Waals surface area contributed by atoms with Gasteiger partial charge in [0, 0.05) is 20.5 Å². The van der Waals surface area contributed by atoms with Gasteiger partial charge in [0.1, 0.15) is 0 Å². The van der Waals surface area contributed by atoms with E-state index in [0.29, 0.717) is 10.8 Å². The SMILES string of the molecule is CCOC(=O)c1c(N)ccc2sc3ccccc3c(=O)c12. The molecule has 0 saturated heterocycles. The van der Waals surface area contributed by atoms with Crippen LogP contribution in [0.1, 0.15) is 17.3 Å². The molecule has 0 aliphatic heterocycles. The molecule has 0 spiro atoms. The van der Waals surface area contributed by atoms with Crippen LogP contribution >= 0.6 is 11.3 Å². The largest absolute Gasteiger partial charge is 0.462 e. The molecular weight excluding hydrogens is 286 g/mol. The fourth-order valence-electron chi connectivity index (χ4n) is 2.33. The van der Waals surface area contributed by atoms with Crippen molar-refractivity contribution in [1.82, 2.24) is 0 Å². The smallest absolute Gasteiger partial charge is 0.341 e. The third kappa shape index (κ3) is 2.15. The monoisotopic (exact) mass is 299 g/mol. The van der Waals surface area contributed by atoms with Gasteiger partial charge in [-0.25, -0.2) is 4.79 Å². The summed E-state index contributed by atoms with van der Waals surface area (Å²) in [5, 5.41) is 0.934. The summed E-state index contributed by atoms with van der Waals surface area (Å²) in [6.45, 7) is 1.95. The van der Waals surface area contributed by atoms with Crippen LogP contribution in [0.25, 0.3) is 20.2 Å². The lowest BCUT2D eigenvalue weighted by Gasteiger charge is -2.09. The number of anilines is 1. The zero-order chi connectivity index (χ0) is 15.0. The van der Waals surface area contributed by atoms with Crippen molar-refractivity contribution in [3.05, 3.63) is 52.2 Å². The maximum Gasteiger partial charge on any atom is 0.341 e. The van der Waals surface area contributed by atoms with Crippen LogP contribution in [0, 0.1) is 0 Å². The molecule has 0 atom stereocenters. The van der Waals surface area contributed by atoms with E-state index in [9.17, 15) is 9.59 Å². The van der Waals surface area contributed by atoms with Crippen molar-refractivity contribution in [3.63, 3.8) is 0 Å². The normalized spacial score (nSPS) is 10.9. The Morgan fingerprint density at radius 2 is 1.95 bits per heavy atom. The fraction of sp³-hybridized carbons (Fsp3) is 0.125. The Morgan fingerprint density at radius 1 is 1.19 bits per heavy atom. The molecule has 1 aromatic heterocycles. The third-order valence-corrected chi connectivity index (χ3v) is 4.39. The van der Waals surface area contributed by atoms with E-state index < -0.39 is 5.97 Å². The second-order valence-corrected chi connectivity index (χ2v) is 5.63. The number of ether oxygens (including phenoxy) is 1. The van der Waals surface area contributed by atoms with E-state index in [-0.39, 0.29) is 23.3 Å². The molecule has 0 aliphatic rings. The van der Waals surface area contributed by atoms with E-state index in [1.165, 1.54) is 11.3 Å². The minimum absolute atomic E-state index is 0.168. The third-order valence-electron chi connectivity index (χ3n) is 3.26. The molecule has 0 radical (unpaired) electrons. The topological polar surface area (TPSA) is 69.4 Å². The number of nitrogens with two attached hydrogens (primary N) is 1. The van der Waals surface area contributed by atoms with Gasteiger partial charge in [-0.05, 0) is 31.2 Å². The Labute approximate surface area is 124 Å². The quantitative estimate of drug-likeness (QED) is 0.448. The van der Waals surface area contributed by atoms with Gasteiger partial charge in [-0.1, -0.05) is 12.1 Å². The average molecular weight is 299 g/mol. The number of hydrogen-bond acceptors (Lipinski definition) is 5. The summed E-state index contributed by atoms with van der Waals surface area (Å²) in [5.41, 5.74) is 6.14. The van der Waals surface area contributed by atoms with Crippen LogP contribution in [0.4, 0.5) is 5.69 Å². The number of rotatable bonds is 2. The van der Waals surface area contributed by atoms with Gasteiger partial charge in [-0.3, -0.25) is 4.79 Å². The van der Waals surface area contributed by atoms with Gasteiger partial charge in [-0.2, -0.15) is 0 Å². The van der Waals surface area contributed by atoms with Gasteiger partial charge < -0.3 is 10.5 Å². The predicted octanol–water partition coefficient (Wildman–Crippen LogP) is 3.17. The molecule has 0 unspecified atom stereocenters. The molecule has 0 fully saturated rings. The molecule has 106 valence electrons. The number of carbonyl (C=O) groups is 1. The number of carbonyl (C=O) groups excluding carboxylic acids is 1. The maximum atomic E-state index is 12.7. The van der Waals surface area contributed by atoms with Crippen LogP contribution in [0.3, 0.4) is 0 Å². The molecule has 4 nitrogen and oxygen atoms in total. The second kappa shape index (κ2) is 5.18. The van der Waals surface area contributed by atoms with E-state index in [0.717, 1.165) is 9.40 Å². The van der Waals surface area contributed by atoms with Crippen LogP contribution < -0.4 is 11.2 Å². The molecule has 0 saturated carbocycles. The van der Waals surface area contributed by atoms with E-state index in [4.69, 9.17) is 10.5 Å². The zero-order valence-electron chi connectivity index (χ0n) is 11.4. The predicted molar refractivity (Wildman–Crippen MR) is 86.0 cm³/mol. The first-order valence-corrected chi connectivity index (χ1v) is 7.36. The van der Waals surface area contributed by atoms with Gasteiger partial charge in [0.2, 0.25) is 0 Å². The highest BCUT2D eigenvalue weighted by molar-refractivity contribution is 7.24. The number of benzene rings is 2. The lowest BCUT2D eigenvalue weighted by atomic mass is 10.1. The standard InChI is InChI=1S/C16H13NO3S/c1-2-20-16(19)13-10(17)7-8-12-14(13)15(18)9-5-3-4-6-11(9)21-12/h3-8H,2,17H2,1H3. The first-order chi connectivity index (χ1) is 10.1. The Balaban J connectivity index is 2.47. The van der Waals surface area contributed by atoms with Gasteiger partial charge in [-0.15, -0.1) is 11.3 Å². The lowest BCUT2D eigenvalue weighted by molar-refractivity contribution is 0.0530. The minimum Gasteiger partial charge on any atom is -0.462 e. The molecule has 2 N–H and O–H groups in total. The molecule has 21 heavy (non-hydrogen) atoms. The van der Waals surface area contributed by atoms with Crippen LogP contribution in [0.5, 0.6) is 0 Å². The Morgan fingerprint density at radius 3 is 2.71 bits per heavy atom. The number of hydrogen-bond donors (Lipinski definition) is 1. The molecule has 2 aromatic carbocycles. The van der Waals surface area contributed by atoms with Gasteiger partial charge >= 0.3 is 5.97 Å². The Bertz CT molecular complexity index is 914. The number of nitrogen functional groups attached to an aromatic ring is 1. The molecule has 3 aromatic rings. The average Bonchev–Trinajstić information content (AvgIpc) is 2.48. The van der Waals surface area contributed by atoms with Gasteiger partial charge in [0.25, 0.3) is 0 Å². The van der Waals surface area contributed by atoms with Crippen LogP contribution in [0.2, 0.25) is 0 Å².